The monoisotopic (exact) mass is 488 g/mol. The minimum Gasteiger partial charge on any atom is -0.378 e. The fourth-order valence-corrected chi connectivity index (χ4v) is 4.83. The van der Waals surface area contributed by atoms with Gasteiger partial charge in [0.25, 0.3) is 5.56 Å². The fraction of sp³-hybridized carbons (Fsp3) is 0.208. The lowest BCUT2D eigenvalue weighted by atomic mass is 10.2. The zero-order chi connectivity index (χ0) is 24.7. The maximum absolute atomic E-state index is 12.8. The van der Waals surface area contributed by atoms with Gasteiger partial charge in [0.05, 0.1) is 6.54 Å². The van der Waals surface area contributed by atoms with Gasteiger partial charge in [0.15, 0.2) is 22.1 Å². The van der Waals surface area contributed by atoms with Crippen molar-refractivity contribution in [2.75, 3.05) is 5.32 Å². The third kappa shape index (κ3) is 4.03. The molecule has 0 fully saturated rings. The van der Waals surface area contributed by atoms with Gasteiger partial charge in [0, 0.05) is 32.5 Å². The quantitative estimate of drug-likeness (QED) is 0.392. The van der Waals surface area contributed by atoms with Crippen LogP contribution in [0, 0.1) is 6.92 Å². The number of hydrogen-bond donors (Lipinski definition) is 1. The van der Waals surface area contributed by atoms with Gasteiger partial charge in [-0.2, -0.15) is 0 Å². The summed E-state index contributed by atoms with van der Waals surface area (Å²) >= 11 is 1.29. The Labute approximate surface area is 204 Å². The lowest BCUT2D eigenvalue weighted by molar-refractivity contribution is 0.705. The zero-order valence-corrected chi connectivity index (χ0v) is 20.6. The maximum Gasteiger partial charge on any atom is 0.332 e. The van der Waals surface area contributed by atoms with E-state index in [2.05, 4.69) is 26.6 Å². The van der Waals surface area contributed by atoms with Gasteiger partial charge in [0.1, 0.15) is 0 Å². The molecule has 3 aromatic heterocycles. The molecule has 0 saturated carbocycles. The lowest BCUT2D eigenvalue weighted by Crippen LogP contribution is -2.37. The molecule has 0 radical (unpaired) electrons. The molecule has 2 aromatic carbocycles. The topological polar surface area (TPSA) is 105 Å². The standard InChI is InChI=1S/C24H24N8O2S/c1-15-9-8-10-16(13-15)25-14-18-27-28-23(32(18)17-11-6-5-7-12-17)35-22-26-20-19(29(22)2)21(33)31(4)24(34)30(20)3/h5-13,25H,14H2,1-4H3. The molecule has 1 N–H and O–H groups in total. The lowest BCUT2D eigenvalue weighted by Gasteiger charge is -2.11. The minimum absolute atomic E-state index is 0.329. The van der Waals surface area contributed by atoms with Gasteiger partial charge in [-0.3, -0.25) is 18.5 Å². The van der Waals surface area contributed by atoms with Crippen LogP contribution in [0.1, 0.15) is 11.4 Å². The van der Waals surface area contributed by atoms with E-state index in [0.29, 0.717) is 28.0 Å². The van der Waals surface area contributed by atoms with E-state index in [4.69, 9.17) is 0 Å². The molecule has 0 bridgehead atoms. The van der Waals surface area contributed by atoms with Crippen LogP contribution in [0.2, 0.25) is 0 Å². The number of aromatic nitrogens is 7. The van der Waals surface area contributed by atoms with E-state index in [1.54, 1.807) is 18.7 Å². The number of hydrogen-bond acceptors (Lipinski definition) is 7. The summed E-state index contributed by atoms with van der Waals surface area (Å²) in [5, 5.41) is 13.4. The van der Waals surface area contributed by atoms with Gasteiger partial charge in [-0.25, -0.2) is 9.78 Å². The molecule has 0 atom stereocenters. The number of para-hydroxylation sites is 1. The number of fused-ring (bicyclic) bond motifs is 1. The van der Waals surface area contributed by atoms with Crippen LogP contribution in [0.15, 0.2) is 74.5 Å². The second-order valence-electron chi connectivity index (χ2n) is 8.23. The first-order valence-electron chi connectivity index (χ1n) is 11.0. The average Bonchev–Trinajstić information content (AvgIpc) is 3.41. The molecule has 5 rings (SSSR count). The first kappa shape index (κ1) is 22.7. The molecule has 35 heavy (non-hydrogen) atoms. The Hall–Kier alpha value is -4.12. The zero-order valence-electron chi connectivity index (χ0n) is 19.8. The first-order valence-corrected chi connectivity index (χ1v) is 11.8. The summed E-state index contributed by atoms with van der Waals surface area (Å²) in [6.07, 6.45) is 0. The summed E-state index contributed by atoms with van der Waals surface area (Å²) in [5.74, 6) is 0.724. The second kappa shape index (κ2) is 8.91. The van der Waals surface area contributed by atoms with Crippen molar-refractivity contribution in [2.24, 2.45) is 21.1 Å². The number of benzene rings is 2. The van der Waals surface area contributed by atoms with E-state index in [-0.39, 0.29) is 0 Å². The number of nitrogens with one attached hydrogen (secondary N) is 1. The highest BCUT2D eigenvalue weighted by Gasteiger charge is 2.21. The van der Waals surface area contributed by atoms with E-state index in [0.717, 1.165) is 27.3 Å². The van der Waals surface area contributed by atoms with E-state index in [1.807, 2.05) is 60.0 Å². The number of aryl methyl sites for hydroxylation is 3. The highest BCUT2D eigenvalue weighted by atomic mass is 32.2. The number of rotatable bonds is 6. The van der Waals surface area contributed by atoms with Crippen molar-refractivity contribution in [3.8, 4) is 5.69 Å². The van der Waals surface area contributed by atoms with Crippen LogP contribution in [0.4, 0.5) is 5.69 Å². The molecule has 0 unspecified atom stereocenters. The highest BCUT2D eigenvalue weighted by Crippen LogP contribution is 2.30. The van der Waals surface area contributed by atoms with Gasteiger partial charge in [-0.05, 0) is 48.5 Å². The van der Waals surface area contributed by atoms with Crippen LogP contribution in [0.5, 0.6) is 0 Å². The molecule has 11 heteroatoms. The van der Waals surface area contributed by atoms with Crippen LogP contribution in [-0.4, -0.2) is 33.4 Å². The van der Waals surface area contributed by atoms with Crippen molar-refractivity contribution in [3.05, 3.63) is 86.8 Å². The van der Waals surface area contributed by atoms with E-state index >= 15 is 0 Å². The summed E-state index contributed by atoms with van der Waals surface area (Å²) < 4.78 is 6.11. The van der Waals surface area contributed by atoms with Crippen molar-refractivity contribution < 1.29 is 0 Å². The largest absolute Gasteiger partial charge is 0.378 e. The maximum atomic E-state index is 12.8. The van der Waals surface area contributed by atoms with Crippen LogP contribution < -0.4 is 16.6 Å². The molecule has 0 aliphatic carbocycles. The summed E-state index contributed by atoms with van der Waals surface area (Å²) in [4.78, 5) is 29.7. The van der Waals surface area contributed by atoms with Crippen molar-refractivity contribution in [1.29, 1.82) is 0 Å². The highest BCUT2D eigenvalue weighted by molar-refractivity contribution is 7.99. The van der Waals surface area contributed by atoms with Gasteiger partial charge >= 0.3 is 5.69 Å². The van der Waals surface area contributed by atoms with Crippen LogP contribution >= 0.6 is 11.8 Å². The Bertz CT molecular complexity index is 1660. The SMILES string of the molecule is Cc1cccc(NCc2nnc(Sc3nc4c(c(=O)n(C)c(=O)n4C)n3C)n2-c2ccccc2)c1. The number of nitrogens with zero attached hydrogens (tertiary/aromatic N) is 7. The molecule has 0 aliphatic rings. The Morgan fingerprint density at radius 1 is 0.886 bits per heavy atom. The average molecular weight is 489 g/mol. The summed E-state index contributed by atoms with van der Waals surface area (Å²) in [7, 11) is 4.82. The molecule has 10 nitrogen and oxygen atoms in total. The Morgan fingerprint density at radius 2 is 1.66 bits per heavy atom. The van der Waals surface area contributed by atoms with Crippen LogP contribution in [-0.2, 0) is 27.7 Å². The molecule has 0 spiro atoms. The predicted octanol–water partition coefficient (Wildman–Crippen LogP) is 2.62. The summed E-state index contributed by atoms with van der Waals surface area (Å²) in [6, 6.07) is 18.0. The Kier molecular flexibility index (Phi) is 5.77. The fourth-order valence-electron chi connectivity index (χ4n) is 3.92. The van der Waals surface area contributed by atoms with Crippen LogP contribution in [0.3, 0.4) is 0 Å². The normalized spacial score (nSPS) is 11.3. The number of imidazole rings is 1. The Morgan fingerprint density at radius 3 is 2.40 bits per heavy atom. The second-order valence-corrected chi connectivity index (χ2v) is 9.16. The van der Waals surface area contributed by atoms with E-state index in [1.165, 1.54) is 23.4 Å². The van der Waals surface area contributed by atoms with Gasteiger partial charge in [-0.15, -0.1) is 10.2 Å². The number of anilines is 1. The van der Waals surface area contributed by atoms with E-state index in [9.17, 15) is 9.59 Å². The molecule has 3 heterocycles. The molecule has 0 amide bonds. The molecule has 178 valence electrons. The molecule has 5 aromatic rings. The van der Waals surface area contributed by atoms with Gasteiger partial charge in [0.2, 0.25) is 5.16 Å². The summed E-state index contributed by atoms with van der Waals surface area (Å²) in [6.45, 7) is 2.51. The first-order chi connectivity index (χ1) is 16.8. The van der Waals surface area contributed by atoms with E-state index < -0.39 is 11.2 Å². The van der Waals surface area contributed by atoms with Crippen LogP contribution in [0.25, 0.3) is 16.9 Å². The molecule has 0 aliphatic heterocycles. The van der Waals surface area contributed by atoms with Crippen molar-refractivity contribution in [1.82, 2.24) is 33.4 Å². The smallest absolute Gasteiger partial charge is 0.332 e. The predicted molar refractivity (Wildman–Crippen MR) is 135 cm³/mol. The van der Waals surface area contributed by atoms with Gasteiger partial charge < -0.3 is 9.88 Å². The van der Waals surface area contributed by atoms with Crippen molar-refractivity contribution in [3.63, 3.8) is 0 Å². The van der Waals surface area contributed by atoms with Crippen molar-refractivity contribution >= 4 is 28.6 Å². The third-order valence-electron chi connectivity index (χ3n) is 5.80. The summed E-state index contributed by atoms with van der Waals surface area (Å²) in [5.41, 5.74) is 2.93. The molecular formula is C24H24N8O2S. The van der Waals surface area contributed by atoms with Crippen molar-refractivity contribution in [2.45, 2.75) is 23.8 Å². The van der Waals surface area contributed by atoms with Gasteiger partial charge in [-0.1, -0.05) is 30.3 Å². The Balaban J connectivity index is 1.57. The minimum atomic E-state index is -0.422. The molecule has 0 saturated heterocycles. The third-order valence-corrected chi connectivity index (χ3v) is 6.80. The molecular weight excluding hydrogens is 464 g/mol.